The topological polar surface area (TPSA) is 72.7 Å². The summed E-state index contributed by atoms with van der Waals surface area (Å²) in [6.45, 7) is 6.82. The van der Waals surface area contributed by atoms with Crippen molar-refractivity contribution in [1.29, 1.82) is 0 Å². The van der Waals surface area contributed by atoms with Crippen LogP contribution < -0.4 is 5.32 Å². The molecule has 0 radical (unpaired) electrons. The highest BCUT2D eigenvalue weighted by Crippen LogP contribution is 2.40. The average Bonchev–Trinajstić information content (AvgIpc) is 3.41. The van der Waals surface area contributed by atoms with Gasteiger partial charge in [0, 0.05) is 17.6 Å². The Morgan fingerprint density at radius 2 is 2.11 bits per heavy atom. The fraction of sp³-hybridized carbons (Fsp3) is 0.429. The molecule has 0 bridgehead atoms. The zero-order chi connectivity index (χ0) is 19.0. The maximum absolute atomic E-state index is 13.3. The molecule has 3 aromatic rings. The van der Waals surface area contributed by atoms with Crippen LogP contribution in [0, 0.1) is 12.8 Å². The highest BCUT2D eigenvalue weighted by molar-refractivity contribution is 6.06. The van der Waals surface area contributed by atoms with Gasteiger partial charge in [-0.05, 0) is 62.8 Å². The Kier molecular flexibility index (Phi) is 4.64. The lowest BCUT2D eigenvalue weighted by Gasteiger charge is -2.19. The van der Waals surface area contributed by atoms with E-state index in [1.54, 1.807) is 6.33 Å². The van der Waals surface area contributed by atoms with E-state index in [1.165, 1.54) is 5.56 Å². The summed E-state index contributed by atoms with van der Waals surface area (Å²) in [7, 11) is 0. The molecule has 0 unspecified atom stereocenters. The molecule has 1 aromatic carbocycles. The first-order chi connectivity index (χ1) is 13.1. The number of hydrogen-bond acceptors (Lipinski definition) is 4. The van der Waals surface area contributed by atoms with Crippen LogP contribution in [-0.4, -0.2) is 25.7 Å². The molecule has 1 fully saturated rings. The lowest BCUT2D eigenvalue weighted by molar-refractivity contribution is 0.0930. The van der Waals surface area contributed by atoms with Crippen LogP contribution in [0.4, 0.5) is 0 Å². The number of nitrogens with one attached hydrogen (secondary N) is 1. The molecule has 27 heavy (non-hydrogen) atoms. The van der Waals surface area contributed by atoms with Crippen LogP contribution in [0.2, 0.25) is 0 Å². The van der Waals surface area contributed by atoms with Gasteiger partial charge in [0.05, 0.1) is 17.1 Å². The Morgan fingerprint density at radius 1 is 1.30 bits per heavy atom. The van der Waals surface area contributed by atoms with Gasteiger partial charge in [-0.15, -0.1) is 0 Å². The molecular formula is C21H25N5O. The first-order valence-corrected chi connectivity index (χ1v) is 9.69. The summed E-state index contributed by atoms with van der Waals surface area (Å²) in [5, 5.41) is 8.42. The smallest absolute Gasteiger partial charge is 0.252 e. The molecule has 1 aliphatic rings. The summed E-state index contributed by atoms with van der Waals surface area (Å²) < 4.78 is 1.87. The van der Waals surface area contributed by atoms with Crippen LogP contribution in [0.1, 0.15) is 60.2 Å². The third kappa shape index (κ3) is 3.44. The molecular weight excluding hydrogens is 338 g/mol. The van der Waals surface area contributed by atoms with Crippen molar-refractivity contribution in [2.75, 3.05) is 0 Å². The van der Waals surface area contributed by atoms with E-state index in [-0.39, 0.29) is 11.9 Å². The molecule has 1 N–H and O–H groups in total. The predicted molar refractivity (Wildman–Crippen MR) is 104 cm³/mol. The van der Waals surface area contributed by atoms with E-state index >= 15 is 0 Å². The molecule has 2 aromatic heterocycles. The minimum Gasteiger partial charge on any atom is -0.342 e. The number of fused-ring (bicyclic) bond motifs is 1. The van der Waals surface area contributed by atoms with Crippen LogP contribution in [0.5, 0.6) is 0 Å². The fourth-order valence-corrected chi connectivity index (χ4v) is 3.61. The lowest BCUT2D eigenvalue weighted by Crippen LogP contribution is -2.32. The third-order valence-electron chi connectivity index (χ3n) is 5.26. The quantitative estimate of drug-likeness (QED) is 0.726. The van der Waals surface area contributed by atoms with E-state index in [9.17, 15) is 4.79 Å². The Morgan fingerprint density at radius 3 is 2.81 bits per heavy atom. The van der Waals surface area contributed by atoms with E-state index < -0.39 is 0 Å². The van der Waals surface area contributed by atoms with Gasteiger partial charge in [-0.25, -0.2) is 9.67 Å². The van der Waals surface area contributed by atoms with E-state index in [1.807, 2.05) is 30.7 Å². The van der Waals surface area contributed by atoms with Crippen molar-refractivity contribution in [3.05, 3.63) is 53.2 Å². The number of hydrogen-bond donors (Lipinski definition) is 1. The second-order valence-electron chi connectivity index (χ2n) is 7.24. The second kappa shape index (κ2) is 7.10. The van der Waals surface area contributed by atoms with E-state index in [0.717, 1.165) is 48.2 Å². The van der Waals surface area contributed by atoms with Crippen LogP contribution in [-0.2, 0) is 13.0 Å². The summed E-state index contributed by atoms with van der Waals surface area (Å²) >= 11 is 0. The molecule has 6 nitrogen and oxygen atoms in total. The summed E-state index contributed by atoms with van der Waals surface area (Å²) in [5.74, 6) is 1.21. The molecule has 140 valence electrons. The summed E-state index contributed by atoms with van der Waals surface area (Å²) in [6, 6.07) is 7.94. The molecule has 6 heteroatoms. The molecule has 2 heterocycles. The first kappa shape index (κ1) is 17.6. The van der Waals surface area contributed by atoms with E-state index in [0.29, 0.717) is 11.5 Å². The third-order valence-corrected chi connectivity index (χ3v) is 5.26. The Balaban J connectivity index is 1.71. The molecule has 0 spiro atoms. The van der Waals surface area contributed by atoms with E-state index in [4.69, 9.17) is 0 Å². The Bertz CT molecular complexity index is 989. The molecule has 1 aliphatic carbocycles. The SMILES string of the molecule is CCc1ccc2nc(C)cc(C(=O)N[C@H](c3ncnn3CC)C3CC3)c2c1. The molecule has 4 rings (SSSR count). The van der Waals surface area contributed by atoms with Gasteiger partial charge in [-0.1, -0.05) is 13.0 Å². The summed E-state index contributed by atoms with van der Waals surface area (Å²) in [5.41, 5.74) is 3.58. The number of carbonyl (C=O) groups is 1. The van der Waals surface area contributed by atoms with Gasteiger partial charge in [0.25, 0.3) is 5.91 Å². The summed E-state index contributed by atoms with van der Waals surface area (Å²) in [6.07, 6.45) is 4.71. The maximum atomic E-state index is 13.3. The van der Waals surface area contributed by atoms with Crippen LogP contribution >= 0.6 is 0 Å². The zero-order valence-corrected chi connectivity index (χ0v) is 16.1. The van der Waals surface area contributed by atoms with Crippen LogP contribution in [0.15, 0.2) is 30.6 Å². The van der Waals surface area contributed by atoms with E-state index in [2.05, 4.69) is 39.4 Å². The highest BCUT2D eigenvalue weighted by atomic mass is 16.1. The van der Waals surface area contributed by atoms with Gasteiger partial charge < -0.3 is 5.32 Å². The van der Waals surface area contributed by atoms with Crippen molar-refractivity contribution in [2.24, 2.45) is 5.92 Å². The molecule has 1 amide bonds. The second-order valence-corrected chi connectivity index (χ2v) is 7.24. The monoisotopic (exact) mass is 363 g/mol. The number of pyridine rings is 1. The van der Waals surface area contributed by atoms with Crippen molar-refractivity contribution in [2.45, 2.75) is 52.6 Å². The Hall–Kier alpha value is -2.76. The number of carbonyl (C=O) groups excluding carboxylic acids is 1. The predicted octanol–water partition coefficient (Wildman–Crippen LogP) is 3.60. The van der Waals surface area contributed by atoms with Crippen molar-refractivity contribution in [3.63, 3.8) is 0 Å². The fourth-order valence-electron chi connectivity index (χ4n) is 3.61. The standard InChI is InChI=1S/C21H25N5O/c1-4-14-6-9-18-16(11-14)17(10-13(3)24-18)21(27)25-19(15-7-8-15)20-22-12-23-26(20)5-2/h6,9-12,15,19H,4-5,7-8H2,1-3H3,(H,25,27)/t19-/m0/s1. The molecule has 0 aliphatic heterocycles. The molecule has 1 atom stereocenters. The minimum atomic E-state index is -0.0992. The zero-order valence-electron chi connectivity index (χ0n) is 16.1. The first-order valence-electron chi connectivity index (χ1n) is 9.69. The summed E-state index contributed by atoms with van der Waals surface area (Å²) in [4.78, 5) is 22.3. The van der Waals surface area contributed by atoms with Crippen molar-refractivity contribution in [1.82, 2.24) is 25.1 Å². The van der Waals surface area contributed by atoms with Crippen molar-refractivity contribution < 1.29 is 4.79 Å². The Labute approximate surface area is 159 Å². The van der Waals surface area contributed by atoms with Crippen LogP contribution in [0.3, 0.4) is 0 Å². The number of rotatable bonds is 6. The largest absolute Gasteiger partial charge is 0.342 e. The van der Waals surface area contributed by atoms with Crippen molar-refractivity contribution >= 4 is 16.8 Å². The minimum absolute atomic E-state index is 0.0682. The van der Waals surface area contributed by atoms with Gasteiger partial charge in [-0.2, -0.15) is 5.10 Å². The molecule has 0 saturated heterocycles. The number of amides is 1. The van der Waals surface area contributed by atoms with Crippen molar-refractivity contribution in [3.8, 4) is 0 Å². The van der Waals surface area contributed by atoms with Gasteiger partial charge in [-0.3, -0.25) is 9.78 Å². The van der Waals surface area contributed by atoms with Crippen LogP contribution in [0.25, 0.3) is 10.9 Å². The van der Waals surface area contributed by atoms with Gasteiger partial charge in [0.2, 0.25) is 0 Å². The number of aryl methyl sites for hydroxylation is 3. The number of aromatic nitrogens is 4. The number of benzene rings is 1. The maximum Gasteiger partial charge on any atom is 0.252 e. The van der Waals surface area contributed by atoms with Gasteiger partial charge in [0.15, 0.2) is 0 Å². The molecule has 1 saturated carbocycles. The number of nitrogens with zero attached hydrogens (tertiary/aromatic N) is 4. The van der Waals surface area contributed by atoms with Gasteiger partial charge in [0.1, 0.15) is 12.2 Å². The lowest BCUT2D eigenvalue weighted by atomic mass is 10.0. The normalized spacial score (nSPS) is 15.1. The van der Waals surface area contributed by atoms with Gasteiger partial charge >= 0.3 is 0 Å². The highest BCUT2D eigenvalue weighted by Gasteiger charge is 2.36. The average molecular weight is 363 g/mol.